The summed E-state index contributed by atoms with van der Waals surface area (Å²) in [6, 6.07) is 13.9. The summed E-state index contributed by atoms with van der Waals surface area (Å²) >= 11 is 0. The Hall–Kier alpha value is -2.62. The molecule has 1 heterocycles. The molecule has 2 aromatic rings. The molecule has 0 saturated heterocycles. The Balaban J connectivity index is 1.33. The fourth-order valence-electron chi connectivity index (χ4n) is 4.11. The second-order valence-electron chi connectivity index (χ2n) is 7.29. The molecular weight excluding hydrogens is 338 g/mol. The molecule has 27 heavy (non-hydrogen) atoms. The highest BCUT2D eigenvalue weighted by molar-refractivity contribution is 5.99. The summed E-state index contributed by atoms with van der Waals surface area (Å²) in [6.07, 6.45) is 5.61. The number of aryl methyl sites for hydroxylation is 1. The number of ketones is 1. The predicted octanol–water partition coefficient (Wildman–Crippen LogP) is 4.34. The first-order valence-corrected chi connectivity index (χ1v) is 9.90. The zero-order chi connectivity index (χ0) is 18.6. The Morgan fingerprint density at radius 3 is 2.81 bits per heavy atom. The second-order valence-corrected chi connectivity index (χ2v) is 7.29. The van der Waals surface area contributed by atoms with Crippen molar-refractivity contribution >= 4 is 17.4 Å². The molecule has 0 bridgehead atoms. The van der Waals surface area contributed by atoms with Crippen LogP contribution in [0.3, 0.4) is 0 Å². The van der Waals surface area contributed by atoms with Crippen LogP contribution in [0.2, 0.25) is 0 Å². The average molecular weight is 363 g/mol. The van der Waals surface area contributed by atoms with E-state index in [0.717, 1.165) is 54.8 Å². The third-order valence-electron chi connectivity index (χ3n) is 5.47. The van der Waals surface area contributed by atoms with Crippen molar-refractivity contribution < 1.29 is 14.3 Å². The summed E-state index contributed by atoms with van der Waals surface area (Å²) in [5, 5.41) is 0. The number of amides is 1. The van der Waals surface area contributed by atoms with Crippen molar-refractivity contribution in [1.29, 1.82) is 0 Å². The molecular formula is C23H25NO3. The van der Waals surface area contributed by atoms with Crippen LogP contribution >= 0.6 is 0 Å². The minimum absolute atomic E-state index is 0.163. The van der Waals surface area contributed by atoms with Gasteiger partial charge in [-0.05, 0) is 49.8 Å². The lowest BCUT2D eigenvalue weighted by Crippen LogP contribution is -2.35. The Kier molecular flexibility index (Phi) is 5.23. The molecule has 1 aliphatic carbocycles. The van der Waals surface area contributed by atoms with E-state index in [1.54, 1.807) is 0 Å². The third-order valence-corrected chi connectivity index (χ3v) is 5.47. The Morgan fingerprint density at radius 1 is 1.00 bits per heavy atom. The smallest absolute Gasteiger partial charge is 0.227 e. The molecule has 0 unspecified atom stereocenters. The first-order valence-electron chi connectivity index (χ1n) is 9.90. The number of para-hydroxylation sites is 1. The molecule has 0 atom stereocenters. The van der Waals surface area contributed by atoms with E-state index < -0.39 is 0 Å². The first kappa shape index (κ1) is 17.8. The third kappa shape index (κ3) is 3.75. The minimum atomic E-state index is 0.163. The predicted molar refractivity (Wildman–Crippen MR) is 106 cm³/mol. The molecule has 0 spiro atoms. The van der Waals surface area contributed by atoms with E-state index >= 15 is 0 Å². The van der Waals surface area contributed by atoms with E-state index in [4.69, 9.17) is 4.74 Å². The fourth-order valence-corrected chi connectivity index (χ4v) is 4.11. The number of ether oxygens (including phenoxy) is 1. The molecule has 0 N–H and O–H groups in total. The molecule has 2 aromatic carbocycles. The topological polar surface area (TPSA) is 46.6 Å². The van der Waals surface area contributed by atoms with Gasteiger partial charge < -0.3 is 9.64 Å². The SMILES string of the molecule is O=C1CCCc2c(OCCCC(=O)N3CCCc4ccccc43)cccc21. The second kappa shape index (κ2) is 7.95. The van der Waals surface area contributed by atoms with Gasteiger partial charge in [-0.15, -0.1) is 0 Å². The maximum atomic E-state index is 12.7. The van der Waals surface area contributed by atoms with Crippen molar-refractivity contribution in [2.45, 2.75) is 44.9 Å². The monoisotopic (exact) mass is 363 g/mol. The van der Waals surface area contributed by atoms with Crippen molar-refractivity contribution in [2.75, 3.05) is 18.1 Å². The first-order chi connectivity index (χ1) is 13.2. The quantitative estimate of drug-likeness (QED) is 0.742. The molecule has 0 aromatic heterocycles. The van der Waals surface area contributed by atoms with Crippen LogP contribution in [0.15, 0.2) is 42.5 Å². The van der Waals surface area contributed by atoms with Crippen molar-refractivity contribution in [2.24, 2.45) is 0 Å². The van der Waals surface area contributed by atoms with Crippen molar-refractivity contribution in [3.8, 4) is 5.75 Å². The number of hydrogen-bond donors (Lipinski definition) is 0. The van der Waals surface area contributed by atoms with Crippen LogP contribution in [-0.4, -0.2) is 24.8 Å². The van der Waals surface area contributed by atoms with Gasteiger partial charge in [0.05, 0.1) is 6.61 Å². The van der Waals surface area contributed by atoms with Crippen LogP contribution in [0.25, 0.3) is 0 Å². The van der Waals surface area contributed by atoms with Crippen LogP contribution in [0.4, 0.5) is 5.69 Å². The standard InChI is InChI=1S/C23H25NO3/c25-21-12-3-10-19-18(21)9-4-13-22(19)27-16-6-14-23(26)24-15-5-8-17-7-1-2-11-20(17)24/h1-2,4,7,9,11,13H,3,5-6,8,10,12,14-16H2. The summed E-state index contributed by atoms with van der Waals surface area (Å²) in [7, 11) is 0. The van der Waals surface area contributed by atoms with Gasteiger partial charge in [0.1, 0.15) is 5.75 Å². The van der Waals surface area contributed by atoms with Crippen molar-refractivity contribution in [3.63, 3.8) is 0 Å². The van der Waals surface area contributed by atoms with Crippen LogP contribution in [0, 0.1) is 0 Å². The summed E-state index contributed by atoms with van der Waals surface area (Å²) in [6.45, 7) is 1.29. The lowest BCUT2D eigenvalue weighted by atomic mass is 9.90. The minimum Gasteiger partial charge on any atom is -0.493 e. The van der Waals surface area contributed by atoms with E-state index in [1.807, 2.05) is 41.3 Å². The molecule has 1 aliphatic heterocycles. The number of carbonyl (C=O) groups is 2. The van der Waals surface area contributed by atoms with Crippen LogP contribution in [-0.2, 0) is 17.6 Å². The van der Waals surface area contributed by atoms with E-state index in [0.29, 0.717) is 25.9 Å². The number of benzene rings is 2. The molecule has 0 saturated carbocycles. The molecule has 0 radical (unpaired) electrons. The highest BCUT2D eigenvalue weighted by Crippen LogP contribution is 2.30. The summed E-state index contributed by atoms with van der Waals surface area (Å²) in [5.41, 5.74) is 4.16. The number of rotatable bonds is 5. The van der Waals surface area contributed by atoms with E-state index in [1.165, 1.54) is 5.56 Å². The van der Waals surface area contributed by atoms with Crippen molar-refractivity contribution in [1.82, 2.24) is 0 Å². The van der Waals surface area contributed by atoms with E-state index in [9.17, 15) is 9.59 Å². The molecule has 2 aliphatic rings. The highest BCUT2D eigenvalue weighted by Gasteiger charge is 2.22. The molecule has 4 nitrogen and oxygen atoms in total. The lowest BCUT2D eigenvalue weighted by Gasteiger charge is -2.29. The van der Waals surface area contributed by atoms with Gasteiger partial charge in [0.2, 0.25) is 5.91 Å². The molecule has 1 amide bonds. The van der Waals surface area contributed by atoms with Gasteiger partial charge in [-0.3, -0.25) is 9.59 Å². The Morgan fingerprint density at radius 2 is 1.89 bits per heavy atom. The summed E-state index contributed by atoms with van der Waals surface area (Å²) in [5.74, 6) is 1.17. The fraction of sp³-hybridized carbons (Fsp3) is 0.391. The van der Waals surface area contributed by atoms with Gasteiger partial charge in [0.25, 0.3) is 0 Å². The van der Waals surface area contributed by atoms with Gasteiger partial charge in [-0.1, -0.05) is 30.3 Å². The number of hydrogen-bond acceptors (Lipinski definition) is 3. The zero-order valence-electron chi connectivity index (χ0n) is 15.6. The van der Waals surface area contributed by atoms with Gasteiger partial charge in [-0.2, -0.15) is 0 Å². The van der Waals surface area contributed by atoms with Crippen molar-refractivity contribution in [3.05, 3.63) is 59.2 Å². The van der Waals surface area contributed by atoms with Crippen LogP contribution in [0.1, 0.15) is 53.6 Å². The molecule has 4 heteroatoms. The van der Waals surface area contributed by atoms with Gasteiger partial charge in [0, 0.05) is 36.2 Å². The van der Waals surface area contributed by atoms with E-state index in [2.05, 4.69) is 6.07 Å². The number of carbonyl (C=O) groups excluding carboxylic acids is 2. The molecule has 0 fully saturated rings. The molecule has 4 rings (SSSR count). The Labute approximate surface area is 160 Å². The Bertz CT molecular complexity index is 858. The lowest BCUT2D eigenvalue weighted by molar-refractivity contribution is -0.118. The number of anilines is 1. The van der Waals surface area contributed by atoms with Crippen LogP contribution < -0.4 is 9.64 Å². The van der Waals surface area contributed by atoms with E-state index in [-0.39, 0.29) is 11.7 Å². The number of nitrogens with zero attached hydrogens (tertiary/aromatic N) is 1. The maximum absolute atomic E-state index is 12.7. The largest absolute Gasteiger partial charge is 0.493 e. The number of fused-ring (bicyclic) bond motifs is 2. The average Bonchev–Trinajstić information content (AvgIpc) is 2.71. The number of Topliss-reactive ketones (excluding diaryl/α,β-unsaturated/α-hetero) is 1. The maximum Gasteiger partial charge on any atom is 0.227 e. The van der Waals surface area contributed by atoms with Gasteiger partial charge >= 0.3 is 0 Å². The molecule has 140 valence electrons. The summed E-state index contributed by atoms with van der Waals surface area (Å²) < 4.78 is 5.94. The van der Waals surface area contributed by atoms with Gasteiger partial charge in [0.15, 0.2) is 5.78 Å². The van der Waals surface area contributed by atoms with Gasteiger partial charge in [-0.25, -0.2) is 0 Å². The summed E-state index contributed by atoms with van der Waals surface area (Å²) in [4.78, 5) is 26.6. The normalized spacial score (nSPS) is 15.9. The highest BCUT2D eigenvalue weighted by atomic mass is 16.5. The zero-order valence-corrected chi connectivity index (χ0v) is 15.6. The van der Waals surface area contributed by atoms with Crippen LogP contribution in [0.5, 0.6) is 5.75 Å².